The normalized spacial score (nSPS) is 19.5. The number of hydrogen-bond donors (Lipinski definition) is 1. The first-order valence-corrected chi connectivity index (χ1v) is 8.61. The van der Waals surface area contributed by atoms with E-state index in [2.05, 4.69) is 4.98 Å². The minimum absolute atomic E-state index is 0.0107. The van der Waals surface area contributed by atoms with Gasteiger partial charge in [-0.1, -0.05) is 6.07 Å². The molecule has 6 heteroatoms. The van der Waals surface area contributed by atoms with Gasteiger partial charge in [0.25, 0.3) is 5.91 Å². The number of carbonyl (C=O) groups is 1. The molecule has 1 atom stereocenters. The lowest BCUT2D eigenvalue weighted by molar-refractivity contribution is 0.0735. The number of aromatic amines is 1. The molecule has 0 radical (unpaired) electrons. The Bertz CT molecular complexity index is 825. The smallest absolute Gasteiger partial charge is 0.255 e. The third-order valence-electron chi connectivity index (χ3n) is 4.70. The molecule has 1 aromatic heterocycles. The summed E-state index contributed by atoms with van der Waals surface area (Å²) in [6.45, 7) is 2.00. The molecule has 1 saturated heterocycles. The summed E-state index contributed by atoms with van der Waals surface area (Å²) < 4.78 is 11.5. The van der Waals surface area contributed by atoms with Crippen molar-refractivity contribution in [2.75, 3.05) is 19.8 Å². The Morgan fingerprint density at radius 1 is 1.08 bits per heavy atom. The van der Waals surface area contributed by atoms with Crippen molar-refractivity contribution in [1.29, 1.82) is 0 Å². The third kappa shape index (κ3) is 3.12. The van der Waals surface area contributed by atoms with E-state index in [1.54, 1.807) is 6.07 Å². The Hall–Kier alpha value is -2.76. The van der Waals surface area contributed by atoms with Crippen LogP contribution in [0.1, 0.15) is 41.2 Å². The average molecular weight is 340 g/mol. The number of fused-ring (bicyclic) bond motifs is 1. The first-order valence-electron chi connectivity index (χ1n) is 8.61. The first-order chi connectivity index (χ1) is 12.2. The van der Waals surface area contributed by atoms with Gasteiger partial charge in [-0.25, -0.2) is 0 Å². The third-order valence-corrected chi connectivity index (χ3v) is 4.70. The number of rotatable bonds is 2. The number of ether oxygens (including phenoxy) is 2. The summed E-state index contributed by atoms with van der Waals surface area (Å²) in [6, 6.07) is 8.89. The molecule has 1 fully saturated rings. The molecule has 1 aromatic carbocycles. The number of H-pyrrole nitrogens is 1. The summed E-state index contributed by atoms with van der Waals surface area (Å²) in [6.07, 6.45) is 4.21. The molecule has 6 nitrogen and oxygen atoms in total. The van der Waals surface area contributed by atoms with Crippen molar-refractivity contribution in [1.82, 2.24) is 9.88 Å². The summed E-state index contributed by atoms with van der Waals surface area (Å²) in [7, 11) is 0. The van der Waals surface area contributed by atoms with Crippen LogP contribution >= 0.6 is 0 Å². The number of benzene rings is 1. The molecular weight excluding hydrogens is 320 g/mol. The lowest BCUT2D eigenvalue weighted by Gasteiger charge is -2.25. The van der Waals surface area contributed by atoms with Crippen molar-refractivity contribution in [3.63, 3.8) is 0 Å². The Balaban J connectivity index is 1.61. The Kier molecular flexibility index (Phi) is 4.17. The van der Waals surface area contributed by atoms with E-state index in [9.17, 15) is 9.59 Å². The number of nitrogens with zero attached hydrogens (tertiary/aromatic N) is 1. The van der Waals surface area contributed by atoms with E-state index >= 15 is 0 Å². The monoisotopic (exact) mass is 340 g/mol. The minimum Gasteiger partial charge on any atom is -0.490 e. The zero-order valence-electron chi connectivity index (χ0n) is 13.9. The van der Waals surface area contributed by atoms with Crippen molar-refractivity contribution in [3.8, 4) is 11.5 Å². The lowest BCUT2D eigenvalue weighted by atomic mass is 10.0. The molecule has 4 rings (SSSR count). The molecule has 0 saturated carbocycles. The number of carbonyl (C=O) groups excluding carboxylic acids is 1. The van der Waals surface area contributed by atoms with E-state index in [0.717, 1.165) is 36.3 Å². The van der Waals surface area contributed by atoms with Crippen molar-refractivity contribution >= 4 is 5.91 Å². The maximum Gasteiger partial charge on any atom is 0.255 e. The molecule has 1 N–H and O–H groups in total. The molecule has 3 heterocycles. The van der Waals surface area contributed by atoms with Gasteiger partial charge in [-0.2, -0.15) is 0 Å². The molecule has 2 aliphatic heterocycles. The number of nitrogens with one attached hydrogen (secondary N) is 1. The molecule has 1 amide bonds. The SMILES string of the molecule is O=C(c1ccc(=O)[nH]c1)N1CCCC1c1ccc2c(c1)OCCCO2. The highest BCUT2D eigenvalue weighted by Crippen LogP contribution is 2.38. The van der Waals surface area contributed by atoms with Gasteiger partial charge in [-0.3, -0.25) is 9.59 Å². The fourth-order valence-corrected chi connectivity index (χ4v) is 3.45. The Morgan fingerprint density at radius 3 is 2.72 bits per heavy atom. The molecule has 2 aliphatic rings. The Labute approximate surface area is 145 Å². The number of amides is 1. The molecule has 25 heavy (non-hydrogen) atoms. The standard InChI is InChI=1S/C19H20N2O4/c22-18-7-5-14(12-20-18)19(23)21-8-1-3-15(21)13-4-6-16-17(11-13)25-10-2-9-24-16/h4-7,11-12,15H,1-3,8-10H2,(H,20,22). The highest BCUT2D eigenvalue weighted by molar-refractivity contribution is 5.94. The molecule has 0 bridgehead atoms. The minimum atomic E-state index is -0.211. The van der Waals surface area contributed by atoms with Gasteiger partial charge in [0, 0.05) is 25.2 Å². The summed E-state index contributed by atoms with van der Waals surface area (Å²) in [5, 5.41) is 0. The summed E-state index contributed by atoms with van der Waals surface area (Å²) in [5.41, 5.74) is 1.35. The summed E-state index contributed by atoms with van der Waals surface area (Å²) >= 11 is 0. The number of likely N-dealkylation sites (tertiary alicyclic amines) is 1. The second-order valence-electron chi connectivity index (χ2n) is 6.35. The fraction of sp³-hybridized carbons (Fsp3) is 0.368. The van der Waals surface area contributed by atoms with Crippen molar-refractivity contribution in [2.45, 2.75) is 25.3 Å². The van der Waals surface area contributed by atoms with Gasteiger partial charge < -0.3 is 19.4 Å². The second kappa shape index (κ2) is 6.63. The van der Waals surface area contributed by atoms with Crippen LogP contribution in [-0.2, 0) is 0 Å². The summed E-state index contributed by atoms with van der Waals surface area (Å²) in [5.74, 6) is 1.45. The molecule has 0 aliphatic carbocycles. The van der Waals surface area contributed by atoms with Crippen molar-refractivity contribution in [3.05, 3.63) is 58.0 Å². The second-order valence-corrected chi connectivity index (χ2v) is 6.35. The van der Waals surface area contributed by atoms with E-state index in [0.29, 0.717) is 25.3 Å². The zero-order chi connectivity index (χ0) is 17.2. The van der Waals surface area contributed by atoms with E-state index in [4.69, 9.17) is 9.47 Å². The van der Waals surface area contributed by atoms with Crippen LogP contribution in [0.15, 0.2) is 41.3 Å². The predicted molar refractivity (Wildman–Crippen MR) is 92.1 cm³/mol. The zero-order valence-corrected chi connectivity index (χ0v) is 13.9. The van der Waals surface area contributed by atoms with Crippen LogP contribution in [0.25, 0.3) is 0 Å². The van der Waals surface area contributed by atoms with E-state index in [-0.39, 0.29) is 17.5 Å². The van der Waals surface area contributed by atoms with Gasteiger partial charge in [0.15, 0.2) is 11.5 Å². The van der Waals surface area contributed by atoms with Crippen molar-refractivity contribution in [2.24, 2.45) is 0 Å². The maximum absolute atomic E-state index is 12.8. The van der Waals surface area contributed by atoms with Gasteiger partial charge in [-0.15, -0.1) is 0 Å². The number of hydrogen-bond acceptors (Lipinski definition) is 4. The fourth-order valence-electron chi connectivity index (χ4n) is 3.45. The highest BCUT2D eigenvalue weighted by atomic mass is 16.5. The highest BCUT2D eigenvalue weighted by Gasteiger charge is 2.31. The van der Waals surface area contributed by atoms with Crippen LogP contribution in [0.4, 0.5) is 0 Å². The van der Waals surface area contributed by atoms with Crippen molar-refractivity contribution < 1.29 is 14.3 Å². The lowest BCUT2D eigenvalue weighted by Crippen LogP contribution is -2.31. The maximum atomic E-state index is 12.8. The van der Waals surface area contributed by atoms with Crippen LogP contribution in [0.5, 0.6) is 11.5 Å². The molecule has 130 valence electrons. The molecule has 2 aromatic rings. The van der Waals surface area contributed by atoms with Gasteiger partial charge in [0.05, 0.1) is 24.8 Å². The van der Waals surface area contributed by atoms with Crippen LogP contribution in [0, 0.1) is 0 Å². The average Bonchev–Trinajstić information content (AvgIpc) is 3.00. The Morgan fingerprint density at radius 2 is 1.92 bits per heavy atom. The first kappa shape index (κ1) is 15.7. The van der Waals surface area contributed by atoms with Gasteiger partial charge >= 0.3 is 0 Å². The van der Waals surface area contributed by atoms with Gasteiger partial charge in [-0.05, 0) is 36.6 Å². The summed E-state index contributed by atoms with van der Waals surface area (Å²) in [4.78, 5) is 28.5. The van der Waals surface area contributed by atoms with E-state index in [1.165, 1.54) is 12.3 Å². The molecular formula is C19H20N2O4. The topological polar surface area (TPSA) is 71.6 Å². The van der Waals surface area contributed by atoms with E-state index < -0.39 is 0 Å². The van der Waals surface area contributed by atoms with Crippen LogP contribution in [0.3, 0.4) is 0 Å². The quantitative estimate of drug-likeness (QED) is 0.912. The predicted octanol–water partition coefficient (Wildman–Crippen LogP) is 2.51. The largest absolute Gasteiger partial charge is 0.490 e. The molecule has 0 spiro atoms. The molecule has 1 unspecified atom stereocenters. The van der Waals surface area contributed by atoms with Gasteiger partial charge in [0.2, 0.25) is 5.56 Å². The van der Waals surface area contributed by atoms with E-state index in [1.807, 2.05) is 23.1 Å². The number of pyridine rings is 1. The number of aromatic nitrogens is 1. The van der Waals surface area contributed by atoms with Crippen LogP contribution < -0.4 is 15.0 Å². The van der Waals surface area contributed by atoms with Gasteiger partial charge in [0.1, 0.15) is 0 Å². The van der Waals surface area contributed by atoms with Crippen LogP contribution in [0.2, 0.25) is 0 Å². The van der Waals surface area contributed by atoms with Crippen LogP contribution in [-0.4, -0.2) is 35.5 Å².